The lowest BCUT2D eigenvalue weighted by atomic mass is 10.1. The van der Waals surface area contributed by atoms with Crippen LogP contribution in [0.4, 0.5) is 0 Å². The number of hydrogen-bond donors (Lipinski definition) is 1. The van der Waals surface area contributed by atoms with Crippen LogP contribution in [0.3, 0.4) is 0 Å². The molecule has 1 N–H and O–H groups in total. The van der Waals surface area contributed by atoms with Crippen molar-refractivity contribution >= 4 is 0 Å². The van der Waals surface area contributed by atoms with Crippen molar-refractivity contribution in [3.8, 4) is 0 Å². The van der Waals surface area contributed by atoms with Crippen molar-refractivity contribution in [1.82, 2.24) is 10.2 Å². The molecule has 2 rings (SSSR count). The summed E-state index contributed by atoms with van der Waals surface area (Å²) in [6, 6.07) is 0.782. The highest BCUT2D eigenvalue weighted by molar-refractivity contribution is 4.80. The zero-order valence-corrected chi connectivity index (χ0v) is 8.76. The zero-order chi connectivity index (χ0) is 9.10. The highest BCUT2D eigenvalue weighted by Gasteiger charge is 2.25. The van der Waals surface area contributed by atoms with Crippen molar-refractivity contribution < 1.29 is 0 Å². The van der Waals surface area contributed by atoms with E-state index in [1.807, 2.05) is 0 Å². The first-order valence-electron chi connectivity index (χ1n) is 5.78. The molecule has 76 valence electrons. The van der Waals surface area contributed by atoms with E-state index in [1.165, 1.54) is 51.7 Å². The molecule has 1 atom stereocenters. The monoisotopic (exact) mass is 182 g/mol. The molecule has 0 aromatic carbocycles. The first kappa shape index (κ1) is 9.47. The first-order valence-corrected chi connectivity index (χ1v) is 5.78. The van der Waals surface area contributed by atoms with Gasteiger partial charge in [0.25, 0.3) is 0 Å². The normalized spacial score (nSPS) is 31.6. The second kappa shape index (κ2) is 4.43. The van der Waals surface area contributed by atoms with Crippen LogP contribution in [0.15, 0.2) is 0 Å². The fraction of sp³-hybridized carbons (Fsp3) is 1.00. The molecule has 0 aromatic heterocycles. The molecule has 1 aliphatic carbocycles. The lowest BCUT2D eigenvalue weighted by molar-refractivity contribution is 0.271. The largest absolute Gasteiger partial charge is 0.317 e. The van der Waals surface area contributed by atoms with Gasteiger partial charge in [-0.25, -0.2) is 0 Å². The molecular weight excluding hydrogens is 160 g/mol. The maximum absolute atomic E-state index is 3.41. The minimum atomic E-state index is 0.782. The maximum atomic E-state index is 3.41. The minimum Gasteiger partial charge on any atom is -0.317 e. The average molecular weight is 182 g/mol. The number of nitrogens with one attached hydrogen (secondary N) is 1. The van der Waals surface area contributed by atoms with E-state index in [9.17, 15) is 0 Å². The molecule has 1 heterocycles. The van der Waals surface area contributed by atoms with Gasteiger partial charge in [0, 0.05) is 12.6 Å². The highest BCUT2D eigenvalue weighted by Crippen LogP contribution is 2.30. The Morgan fingerprint density at radius 2 is 2.00 bits per heavy atom. The SMILES string of the molecule is CNC1CCCN(CC2CC2)CC1. The van der Waals surface area contributed by atoms with Gasteiger partial charge in [-0.1, -0.05) is 0 Å². The summed E-state index contributed by atoms with van der Waals surface area (Å²) in [5.41, 5.74) is 0. The van der Waals surface area contributed by atoms with Gasteiger partial charge >= 0.3 is 0 Å². The van der Waals surface area contributed by atoms with E-state index in [-0.39, 0.29) is 0 Å². The minimum absolute atomic E-state index is 0.782. The van der Waals surface area contributed by atoms with Crippen LogP contribution < -0.4 is 5.32 Å². The lowest BCUT2D eigenvalue weighted by Gasteiger charge is -2.19. The van der Waals surface area contributed by atoms with Crippen LogP contribution in [0, 0.1) is 5.92 Å². The van der Waals surface area contributed by atoms with Crippen molar-refractivity contribution in [3.05, 3.63) is 0 Å². The topological polar surface area (TPSA) is 15.3 Å². The Kier molecular flexibility index (Phi) is 3.23. The summed E-state index contributed by atoms with van der Waals surface area (Å²) >= 11 is 0. The standard InChI is InChI=1S/C11H22N2/c1-12-11-3-2-7-13(8-6-11)9-10-4-5-10/h10-12H,2-9H2,1H3. The van der Waals surface area contributed by atoms with Crippen LogP contribution in [-0.4, -0.2) is 37.6 Å². The molecule has 1 unspecified atom stereocenters. The molecule has 1 aliphatic heterocycles. The number of nitrogens with zero attached hydrogens (tertiary/aromatic N) is 1. The van der Waals surface area contributed by atoms with Crippen LogP contribution in [0.5, 0.6) is 0 Å². The van der Waals surface area contributed by atoms with Gasteiger partial charge in [-0.3, -0.25) is 0 Å². The van der Waals surface area contributed by atoms with Gasteiger partial charge in [-0.2, -0.15) is 0 Å². The predicted molar refractivity (Wildman–Crippen MR) is 55.9 cm³/mol. The zero-order valence-electron chi connectivity index (χ0n) is 8.76. The van der Waals surface area contributed by atoms with Crippen LogP contribution in [0.1, 0.15) is 32.1 Å². The van der Waals surface area contributed by atoms with E-state index in [1.54, 1.807) is 0 Å². The third-order valence-electron chi connectivity index (χ3n) is 3.44. The summed E-state index contributed by atoms with van der Waals surface area (Å²) in [7, 11) is 2.10. The van der Waals surface area contributed by atoms with Gasteiger partial charge < -0.3 is 10.2 Å². The van der Waals surface area contributed by atoms with Crippen molar-refractivity contribution in [3.63, 3.8) is 0 Å². The number of likely N-dealkylation sites (tertiary alicyclic amines) is 1. The van der Waals surface area contributed by atoms with Gasteiger partial charge in [0.1, 0.15) is 0 Å². The quantitative estimate of drug-likeness (QED) is 0.711. The van der Waals surface area contributed by atoms with Gasteiger partial charge in [0.05, 0.1) is 0 Å². The van der Waals surface area contributed by atoms with Crippen LogP contribution >= 0.6 is 0 Å². The van der Waals surface area contributed by atoms with E-state index in [0.29, 0.717) is 0 Å². The Labute approximate surface area is 81.7 Å². The molecule has 2 nitrogen and oxygen atoms in total. The Hall–Kier alpha value is -0.0800. The summed E-state index contributed by atoms with van der Waals surface area (Å²) in [6.07, 6.45) is 7.09. The lowest BCUT2D eigenvalue weighted by Crippen LogP contribution is -2.29. The van der Waals surface area contributed by atoms with Crippen LogP contribution in [0.25, 0.3) is 0 Å². The molecule has 1 saturated carbocycles. The summed E-state index contributed by atoms with van der Waals surface area (Å²) < 4.78 is 0. The second-order valence-electron chi connectivity index (χ2n) is 4.66. The van der Waals surface area contributed by atoms with E-state index in [2.05, 4.69) is 17.3 Å². The van der Waals surface area contributed by atoms with E-state index in [0.717, 1.165) is 12.0 Å². The van der Waals surface area contributed by atoms with Crippen LogP contribution in [-0.2, 0) is 0 Å². The molecule has 0 spiro atoms. The third kappa shape index (κ3) is 2.96. The molecule has 1 saturated heterocycles. The molecule has 2 fully saturated rings. The average Bonchev–Trinajstić information content (AvgIpc) is 2.93. The number of rotatable bonds is 3. The Bertz CT molecular complexity index is 154. The molecule has 0 bridgehead atoms. The smallest absolute Gasteiger partial charge is 0.00767 e. The highest BCUT2D eigenvalue weighted by atomic mass is 15.1. The maximum Gasteiger partial charge on any atom is 0.00767 e. The van der Waals surface area contributed by atoms with Crippen molar-refractivity contribution in [2.75, 3.05) is 26.7 Å². The van der Waals surface area contributed by atoms with Gasteiger partial charge in [0.15, 0.2) is 0 Å². The molecular formula is C11H22N2. The summed E-state index contributed by atoms with van der Waals surface area (Å²) in [5, 5.41) is 3.41. The van der Waals surface area contributed by atoms with Crippen LogP contribution in [0.2, 0.25) is 0 Å². The van der Waals surface area contributed by atoms with Gasteiger partial charge in [0.2, 0.25) is 0 Å². The Morgan fingerprint density at radius 3 is 2.69 bits per heavy atom. The molecule has 2 heteroatoms. The van der Waals surface area contributed by atoms with E-state index in [4.69, 9.17) is 0 Å². The summed E-state index contributed by atoms with van der Waals surface area (Å²) in [4.78, 5) is 2.68. The predicted octanol–water partition coefficient (Wildman–Crippen LogP) is 1.47. The van der Waals surface area contributed by atoms with Crippen molar-refractivity contribution in [1.29, 1.82) is 0 Å². The summed E-state index contributed by atoms with van der Waals surface area (Å²) in [5.74, 6) is 1.06. The Morgan fingerprint density at radius 1 is 1.15 bits per heavy atom. The summed E-state index contributed by atoms with van der Waals surface area (Å²) in [6.45, 7) is 4.05. The van der Waals surface area contributed by atoms with Gasteiger partial charge in [-0.15, -0.1) is 0 Å². The molecule has 2 aliphatic rings. The van der Waals surface area contributed by atoms with E-state index >= 15 is 0 Å². The number of hydrogen-bond acceptors (Lipinski definition) is 2. The van der Waals surface area contributed by atoms with Crippen molar-refractivity contribution in [2.45, 2.75) is 38.1 Å². The molecule has 13 heavy (non-hydrogen) atoms. The molecule has 0 amide bonds. The van der Waals surface area contributed by atoms with E-state index < -0.39 is 0 Å². The Balaban J connectivity index is 1.72. The van der Waals surface area contributed by atoms with Gasteiger partial charge in [-0.05, 0) is 58.2 Å². The second-order valence-corrected chi connectivity index (χ2v) is 4.66. The first-order chi connectivity index (χ1) is 6.38. The fourth-order valence-corrected chi connectivity index (χ4v) is 2.29. The molecule has 0 radical (unpaired) electrons. The fourth-order valence-electron chi connectivity index (χ4n) is 2.29. The third-order valence-corrected chi connectivity index (χ3v) is 3.44. The molecule has 0 aromatic rings. The van der Waals surface area contributed by atoms with Crippen molar-refractivity contribution in [2.24, 2.45) is 5.92 Å².